The molecule has 0 amide bonds. The number of fused-ring (bicyclic) bond motifs is 1. The molecule has 2 aromatic heterocycles. The highest BCUT2D eigenvalue weighted by Crippen LogP contribution is 2.40. The van der Waals surface area contributed by atoms with E-state index in [1.54, 1.807) is 0 Å². The third kappa shape index (κ3) is 4.95. The van der Waals surface area contributed by atoms with E-state index in [2.05, 4.69) is 14.9 Å². The molecule has 0 radical (unpaired) electrons. The highest BCUT2D eigenvalue weighted by molar-refractivity contribution is 7.94. The number of halogens is 1. The van der Waals surface area contributed by atoms with Crippen molar-refractivity contribution in [3.8, 4) is 22.6 Å². The predicted octanol–water partition coefficient (Wildman–Crippen LogP) is 5.00. The van der Waals surface area contributed by atoms with Crippen LogP contribution in [0.1, 0.15) is 21.6 Å². The summed E-state index contributed by atoms with van der Waals surface area (Å²) in [7, 11) is -2.51. The lowest BCUT2D eigenvalue weighted by Crippen LogP contribution is -2.12. The Labute approximate surface area is 225 Å². The molecule has 2 aromatic carbocycles. The summed E-state index contributed by atoms with van der Waals surface area (Å²) in [4.78, 5) is 26.9. The van der Waals surface area contributed by atoms with Crippen molar-refractivity contribution in [3.63, 3.8) is 0 Å². The summed E-state index contributed by atoms with van der Waals surface area (Å²) < 4.78 is 40.8. The molecule has 0 aliphatic carbocycles. The molecule has 0 saturated carbocycles. The van der Waals surface area contributed by atoms with E-state index < -0.39 is 21.7 Å². The van der Waals surface area contributed by atoms with Gasteiger partial charge >= 0.3 is 5.97 Å². The number of imidazole rings is 1. The van der Waals surface area contributed by atoms with E-state index in [1.807, 2.05) is 18.2 Å². The summed E-state index contributed by atoms with van der Waals surface area (Å²) in [5.74, 6) is -0.603. The SMILES string of the molecule is Cn1c(COC(=O)c2ccc(NS(=O)(=O)c3cc(-c4ccc5c(c4)CCO5)c(Cl)s3)cc2O)cnc1N=O. The van der Waals surface area contributed by atoms with E-state index in [0.717, 1.165) is 40.7 Å². The van der Waals surface area contributed by atoms with Gasteiger partial charge in [-0.05, 0) is 41.5 Å². The van der Waals surface area contributed by atoms with Crippen molar-refractivity contribution in [1.29, 1.82) is 0 Å². The van der Waals surface area contributed by atoms with Crippen LogP contribution in [0.2, 0.25) is 4.34 Å². The number of aromatic nitrogens is 2. The summed E-state index contributed by atoms with van der Waals surface area (Å²) in [6.45, 7) is 0.387. The van der Waals surface area contributed by atoms with Crippen LogP contribution in [-0.4, -0.2) is 35.7 Å². The zero-order chi connectivity index (χ0) is 27.0. The molecule has 2 N–H and O–H groups in total. The number of sulfonamides is 1. The van der Waals surface area contributed by atoms with Crippen LogP contribution < -0.4 is 9.46 Å². The molecule has 0 bridgehead atoms. The number of hydrogen-bond donors (Lipinski definition) is 2. The minimum absolute atomic E-state index is 0.0161. The number of aromatic hydroxyl groups is 1. The topological polar surface area (TPSA) is 149 Å². The standard InChI is InChI=1S/C24H19ClN4O7S2/c1-29-16(11-26-24(29)27-32)12-36-23(31)17-4-3-15(9-19(17)30)28-38(33,34)21-10-18(22(25)37-21)13-2-5-20-14(8-13)6-7-35-20/h2-5,8-11,28,30H,6-7,12H2,1H3. The second-order valence-electron chi connectivity index (χ2n) is 8.29. The first kappa shape index (κ1) is 25.7. The molecule has 0 fully saturated rings. The lowest BCUT2D eigenvalue weighted by atomic mass is 10.0. The third-order valence-electron chi connectivity index (χ3n) is 5.89. The van der Waals surface area contributed by atoms with E-state index in [0.29, 0.717) is 22.2 Å². The summed E-state index contributed by atoms with van der Waals surface area (Å²) in [6, 6.07) is 10.7. The van der Waals surface area contributed by atoms with Crippen LogP contribution in [0.15, 0.2) is 58.0 Å². The third-order valence-corrected chi connectivity index (χ3v) is 9.11. The van der Waals surface area contributed by atoms with Crippen LogP contribution in [0.5, 0.6) is 11.5 Å². The minimum atomic E-state index is -4.05. The number of carbonyl (C=O) groups is 1. The lowest BCUT2D eigenvalue weighted by Gasteiger charge is -2.10. The number of nitrogens with zero attached hydrogens (tertiary/aromatic N) is 3. The van der Waals surface area contributed by atoms with Gasteiger partial charge in [0.1, 0.15) is 32.2 Å². The fourth-order valence-corrected chi connectivity index (χ4v) is 6.69. The molecule has 3 heterocycles. The molecular formula is C24H19ClN4O7S2. The molecule has 0 spiro atoms. The first-order valence-electron chi connectivity index (χ1n) is 11.1. The van der Waals surface area contributed by atoms with Crippen molar-refractivity contribution < 1.29 is 27.8 Å². The largest absolute Gasteiger partial charge is 0.507 e. The smallest absolute Gasteiger partial charge is 0.342 e. The molecule has 4 aromatic rings. The van der Waals surface area contributed by atoms with Crippen LogP contribution in [0.4, 0.5) is 11.6 Å². The van der Waals surface area contributed by atoms with Gasteiger partial charge in [0.05, 0.1) is 24.2 Å². The zero-order valence-corrected chi connectivity index (χ0v) is 22.1. The average Bonchev–Trinajstić information content (AvgIpc) is 3.60. The van der Waals surface area contributed by atoms with E-state index in [-0.39, 0.29) is 28.0 Å². The van der Waals surface area contributed by atoms with Gasteiger partial charge in [0, 0.05) is 30.3 Å². The van der Waals surface area contributed by atoms with Gasteiger partial charge in [0.15, 0.2) is 0 Å². The van der Waals surface area contributed by atoms with Crippen molar-refractivity contribution in [1.82, 2.24) is 9.55 Å². The number of anilines is 1. The van der Waals surface area contributed by atoms with Gasteiger partial charge in [-0.2, -0.15) is 0 Å². The van der Waals surface area contributed by atoms with Crippen LogP contribution >= 0.6 is 22.9 Å². The molecule has 1 aliphatic rings. The van der Waals surface area contributed by atoms with Gasteiger partial charge in [0.2, 0.25) is 0 Å². The number of phenolic OH excluding ortho intramolecular Hbond substituents is 1. The number of benzene rings is 2. The molecule has 14 heteroatoms. The Kier molecular flexibility index (Phi) is 6.82. The highest BCUT2D eigenvalue weighted by atomic mass is 35.5. The van der Waals surface area contributed by atoms with E-state index in [9.17, 15) is 23.2 Å². The number of nitrogens with one attached hydrogen (secondary N) is 1. The van der Waals surface area contributed by atoms with Crippen molar-refractivity contribution >= 4 is 50.6 Å². The maximum atomic E-state index is 13.0. The quantitative estimate of drug-likeness (QED) is 0.220. The Hall–Kier alpha value is -3.94. The number of rotatable bonds is 8. The van der Waals surface area contributed by atoms with Crippen LogP contribution in [0.3, 0.4) is 0 Å². The number of esters is 1. The van der Waals surface area contributed by atoms with E-state index in [1.165, 1.54) is 36.0 Å². The van der Waals surface area contributed by atoms with Gasteiger partial charge in [-0.15, -0.1) is 16.2 Å². The molecule has 0 saturated heterocycles. The lowest BCUT2D eigenvalue weighted by molar-refractivity contribution is 0.0461. The normalized spacial score (nSPS) is 12.6. The van der Waals surface area contributed by atoms with E-state index >= 15 is 0 Å². The second kappa shape index (κ2) is 10.1. The molecular weight excluding hydrogens is 556 g/mol. The number of phenols is 1. The first-order chi connectivity index (χ1) is 18.2. The van der Waals surface area contributed by atoms with Crippen molar-refractivity contribution in [3.05, 3.63) is 74.7 Å². The predicted molar refractivity (Wildman–Crippen MR) is 141 cm³/mol. The van der Waals surface area contributed by atoms with Crippen molar-refractivity contribution in [2.24, 2.45) is 12.2 Å². The number of nitroso groups, excluding NO2 is 1. The van der Waals surface area contributed by atoms with Gasteiger partial charge < -0.3 is 19.1 Å². The van der Waals surface area contributed by atoms with Crippen molar-refractivity contribution in [2.45, 2.75) is 17.2 Å². The highest BCUT2D eigenvalue weighted by Gasteiger charge is 2.23. The van der Waals surface area contributed by atoms with Crippen LogP contribution in [-0.2, 0) is 34.8 Å². The Bertz CT molecular complexity index is 1680. The van der Waals surface area contributed by atoms with Crippen molar-refractivity contribution in [2.75, 3.05) is 11.3 Å². The molecule has 0 unspecified atom stereocenters. The molecule has 1 aliphatic heterocycles. The van der Waals surface area contributed by atoms with Crippen LogP contribution in [0.25, 0.3) is 11.1 Å². The minimum Gasteiger partial charge on any atom is -0.507 e. The summed E-state index contributed by atoms with van der Waals surface area (Å²) >= 11 is 7.29. The van der Waals surface area contributed by atoms with Gasteiger partial charge in [0.25, 0.3) is 16.0 Å². The summed E-state index contributed by atoms with van der Waals surface area (Å²) in [5, 5.41) is 13.1. The molecule has 0 atom stereocenters. The maximum absolute atomic E-state index is 13.0. The molecule has 196 valence electrons. The Morgan fingerprint density at radius 3 is 2.84 bits per heavy atom. The monoisotopic (exact) mass is 574 g/mol. The zero-order valence-electron chi connectivity index (χ0n) is 19.7. The number of carbonyl (C=O) groups excluding carboxylic acids is 1. The fraction of sp³-hybridized carbons (Fsp3) is 0.167. The number of thiophene rings is 1. The Morgan fingerprint density at radius 1 is 1.29 bits per heavy atom. The van der Waals surface area contributed by atoms with Gasteiger partial charge in [-0.25, -0.2) is 18.2 Å². The fourth-order valence-electron chi connectivity index (χ4n) is 3.87. The molecule has 38 heavy (non-hydrogen) atoms. The average molecular weight is 575 g/mol. The number of hydrogen-bond acceptors (Lipinski definition) is 10. The number of ether oxygens (including phenoxy) is 2. The van der Waals surface area contributed by atoms with Gasteiger partial charge in [-0.1, -0.05) is 17.7 Å². The van der Waals surface area contributed by atoms with Gasteiger partial charge in [-0.3, -0.25) is 4.72 Å². The van der Waals surface area contributed by atoms with E-state index in [4.69, 9.17) is 21.1 Å². The summed E-state index contributed by atoms with van der Waals surface area (Å²) in [5.41, 5.74) is 2.67. The summed E-state index contributed by atoms with van der Waals surface area (Å²) in [6.07, 6.45) is 2.11. The second-order valence-corrected chi connectivity index (χ2v) is 11.9. The first-order valence-corrected chi connectivity index (χ1v) is 13.8. The maximum Gasteiger partial charge on any atom is 0.342 e. The Morgan fingerprint density at radius 2 is 2.11 bits per heavy atom. The molecule has 11 nitrogen and oxygen atoms in total. The van der Waals surface area contributed by atoms with Crippen LogP contribution in [0, 0.1) is 4.91 Å². The Balaban J connectivity index is 1.30. The molecule has 5 rings (SSSR count).